The summed E-state index contributed by atoms with van der Waals surface area (Å²) in [4.78, 5) is 30.0. The fraction of sp³-hybridized carbons (Fsp3) is 0.526. The Morgan fingerprint density at radius 3 is 2.85 bits per heavy atom. The minimum absolute atomic E-state index is 0.00499. The summed E-state index contributed by atoms with van der Waals surface area (Å²) < 4.78 is 1.67. The predicted molar refractivity (Wildman–Crippen MR) is 107 cm³/mol. The minimum atomic E-state index is -0.317. The van der Waals surface area contributed by atoms with E-state index in [1.165, 1.54) is 24.6 Å². The molecule has 1 atom stereocenters. The van der Waals surface area contributed by atoms with Crippen LogP contribution in [0.3, 0.4) is 0 Å². The molecule has 0 unspecified atom stereocenters. The van der Waals surface area contributed by atoms with Crippen molar-refractivity contribution in [2.24, 2.45) is 0 Å². The monoisotopic (exact) mass is 393 g/mol. The first-order valence-electron chi connectivity index (χ1n) is 9.16. The van der Waals surface area contributed by atoms with Crippen LogP contribution in [0.1, 0.15) is 46.0 Å². The van der Waals surface area contributed by atoms with Crippen LogP contribution in [0.4, 0.5) is 0 Å². The quantitative estimate of drug-likeness (QED) is 0.595. The van der Waals surface area contributed by atoms with E-state index in [4.69, 9.17) is 11.6 Å². The highest BCUT2D eigenvalue weighted by Gasteiger charge is 2.23. The Balaban J connectivity index is 1.88. The van der Waals surface area contributed by atoms with Crippen molar-refractivity contribution < 1.29 is 4.79 Å². The number of nitrogens with zero attached hydrogens (tertiary/aromatic N) is 2. The van der Waals surface area contributed by atoms with E-state index >= 15 is 0 Å². The third-order valence-corrected chi connectivity index (χ3v) is 6.01. The molecule has 2 aromatic rings. The summed E-state index contributed by atoms with van der Waals surface area (Å²) in [5.74, 6) is 0.00499. The number of hydrogen-bond acceptors (Lipinski definition) is 4. The van der Waals surface area contributed by atoms with Crippen molar-refractivity contribution in [3.05, 3.63) is 33.6 Å². The van der Waals surface area contributed by atoms with Crippen LogP contribution in [-0.4, -0.2) is 26.8 Å². The van der Waals surface area contributed by atoms with Crippen molar-refractivity contribution in [2.75, 3.05) is 0 Å². The summed E-state index contributed by atoms with van der Waals surface area (Å²) >= 11 is 7.39. The Bertz CT molecular complexity index is 862. The van der Waals surface area contributed by atoms with Crippen molar-refractivity contribution in [1.82, 2.24) is 14.9 Å². The molecule has 1 saturated carbocycles. The average molecular weight is 394 g/mol. The molecule has 0 bridgehead atoms. The third-order valence-electron chi connectivity index (χ3n) is 4.68. The lowest BCUT2D eigenvalue weighted by Crippen LogP contribution is -2.38. The molecule has 1 heterocycles. The standard InChI is InChI=1S/C19H24ClN3O2S/c1-3-10-23-18(25)15-9-8-13(20)11-16(15)22-19(23)26-12(2)17(24)21-14-6-4-5-7-14/h8-9,11-12,14H,3-7,10H2,1-2H3,(H,21,24)/t12-/m0/s1. The van der Waals surface area contributed by atoms with Gasteiger partial charge in [-0.2, -0.15) is 0 Å². The van der Waals surface area contributed by atoms with Crippen LogP contribution in [0.2, 0.25) is 5.02 Å². The van der Waals surface area contributed by atoms with Gasteiger partial charge in [-0.15, -0.1) is 0 Å². The van der Waals surface area contributed by atoms with Gasteiger partial charge in [-0.25, -0.2) is 4.98 Å². The van der Waals surface area contributed by atoms with E-state index in [0.717, 1.165) is 19.3 Å². The van der Waals surface area contributed by atoms with Gasteiger partial charge in [0.15, 0.2) is 5.16 Å². The second-order valence-corrected chi connectivity index (χ2v) is 8.51. The van der Waals surface area contributed by atoms with Crippen molar-refractivity contribution in [1.29, 1.82) is 0 Å². The first-order valence-corrected chi connectivity index (χ1v) is 10.4. The van der Waals surface area contributed by atoms with E-state index in [-0.39, 0.29) is 22.8 Å². The molecule has 140 valence electrons. The van der Waals surface area contributed by atoms with E-state index in [2.05, 4.69) is 10.3 Å². The Labute approximate surface area is 162 Å². The van der Waals surface area contributed by atoms with E-state index in [1.807, 2.05) is 13.8 Å². The van der Waals surface area contributed by atoms with Gasteiger partial charge < -0.3 is 5.32 Å². The predicted octanol–water partition coefficient (Wildman–Crippen LogP) is 4.00. The first kappa shape index (κ1) is 19.2. The van der Waals surface area contributed by atoms with E-state index in [1.54, 1.807) is 22.8 Å². The molecular formula is C19H24ClN3O2S. The highest BCUT2D eigenvalue weighted by molar-refractivity contribution is 8.00. The van der Waals surface area contributed by atoms with Crippen LogP contribution in [-0.2, 0) is 11.3 Å². The lowest BCUT2D eigenvalue weighted by atomic mass is 10.2. The zero-order valence-corrected chi connectivity index (χ0v) is 16.7. The molecule has 3 rings (SSSR count). The van der Waals surface area contributed by atoms with Crippen LogP contribution in [0.15, 0.2) is 28.2 Å². The van der Waals surface area contributed by atoms with Gasteiger partial charge in [0.2, 0.25) is 5.91 Å². The van der Waals surface area contributed by atoms with E-state index < -0.39 is 0 Å². The number of benzene rings is 1. The maximum atomic E-state index is 12.8. The summed E-state index contributed by atoms with van der Waals surface area (Å²) in [5, 5.41) is 4.46. The van der Waals surface area contributed by atoms with Crippen LogP contribution in [0.25, 0.3) is 10.9 Å². The summed E-state index contributed by atoms with van der Waals surface area (Å²) in [5.41, 5.74) is 0.486. The second kappa shape index (κ2) is 8.44. The highest BCUT2D eigenvalue weighted by atomic mass is 35.5. The van der Waals surface area contributed by atoms with Crippen molar-refractivity contribution in [2.45, 2.75) is 68.9 Å². The molecule has 26 heavy (non-hydrogen) atoms. The Hall–Kier alpha value is -1.53. The van der Waals surface area contributed by atoms with Crippen LogP contribution < -0.4 is 10.9 Å². The van der Waals surface area contributed by atoms with Crippen LogP contribution in [0, 0.1) is 0 Å². The Kier molecular flexibility index (Phi) is 6.24. The van der Waals surface area contributed by atoms with Gasteiger partial charge in [0.25, 0.3) is 5.56 Å². The normalized spacial score (nSPS) is 16.1. The van der Waals surface area contributed by atoms with E-state index in [9.17, 15) is 9.59 Å². The fourth-order valence-corrected chi connectivity index (χ4v) is 4.40. The summed E-state index contributed by atoms with van der Waals surface area (Å²) in [6.45, 7) is 4.45. The molecule has 1 amide bonds. The number of thioether (sulfide) groups is 1. The lowest BCUT2D eigenvalue weighted by Gasteiger charge is -2.18. The van der Waals surface area contributed by atoms with Crippen molar-refractivity contribution in [3.63, 3.8) is 0 Å². The van der Waals surface area contributed by atoms with Crippen molar-refractivity contribution >= 4 is 40.2 Å². The number of carbonyl (C=O) groups is 1. The van der Waals surface area contributed by atoms with Gasteiger partial charge >= 0.3 is 0 Å². The largest absolute Gasteiger partial charge is 0.352 e. The molecule has 1 aliphatic carbocycles. The van der Waals surface area contributed by atoms with Gasteiger partial charge in [0.1, 0.15) is 0 Å². The molecule has 5 nitrogen and oxygen atoms in total. The van der Waals surface area contributed by atoms with Crippen LogP contribution >= 0.6 is 23.4 Å². The summed E-state index contributed by atoms with van der Waals surface area (Å²) in [6.07, 6.45) is 5.27. The number of nitrogens with one attached hydrogen (secondary N) is 1. The average Bonchev–Trinajstić information content (AvgIpc) is 3.11. The zero-order chi connectivity index (χ0) is 18.7. The topological polar surface area (TPSA) is 64.0 Å². The van der Waals surface area contributed by atoms with Gasteiger partial charge in [0, 0.05) is 17.6 Å². The number of aromatic nitrogens is 2. The molecule has 0 radical (unpaired) electrons. The molecule has 1 fully saturated rings. The van der Waals surface area contributed by atoms with Crippen molar-refractivity contribution in [3.8, 4) is 0 Å². The molecule has 0 saturated heterocycles. The molecule has 0 aliphatic heterocycles. The summed E-state index contributed by atoms with van der Waals surface area (Å²) in [6, 6.07) is 5.39. The molecule has 1 aliphatic rings. The highest BCUT2D eigenvalue weighted by Crippen LogP contribution is 2.25. The van der Waals surface area contributed by atoms with Crippen LogP contribution in [0.5, 0.6) is 0 Å². The molecule has 7 heteroatoms. The molecular weight excluding hydrogens is 370 g/mol. The smallest absolute Gasteiger partial charge is 0.262 e. The number of fused-ring (bicyclic) bond motifs is 1. The number of halogens is 1. The number of carbonyl (C=O) groups excluding carboxylic acids is 1. The minimum Gasteiger partial charge on any atom is -0.352 e. The number of rotatable bonds is 6. The van der Waals surface area contributed by atoms with Gasteiger partial charge in [-0.3, -0.25) is 14.2 Å². The van der Waals surface area contributed by atoms with Gasteiger partial charge in [0.05, 0.1) is 16.2 Å². The Morgan fingerprint density at radius 1 is 1.42 bits per heavy atom. The first-order chi connectivity index (χ1) is 12.5. The van der Waals surface area contributed by atoms with Gasteiger partial charge in [-0.1, -0.05) is 43.1 Å². The SMILES string of the molecule is CCCn1c(S[C@@H](C)C(=O)NC2CCCC2)nc2cc(Cl)ccc2c1=O. The molecule has 1 aromatic heterocycles. The summed E-state index contributed by atoms with van der Waals surface area (Å²) in [7, 11) is 0. The second-order valence-electron chi connectivity index (χ2n) is 6.76. The lowest BCUT2D eigenvalue weighted by molar-refractivity contribution is -0.120. The third kappa shape index (κ3) is 4.23. The Morgan fingerprint density at radius 2 is 2.15 bits per heavy atom. The zero-order valence-electron chi connectivity index (χ0n) is 15.1. The van der Waals surface area contributed by atoms with E-state index in [0.29, 0.717) is 27.6 Å². The molecule has 0 spiro atoms. The number of amides is 1. The maximum Gasteiger partial charge on any atom is 0.262 e. The fourth-order valence-electron chi connectivity index (χ4n) is 3.28. The molecule has 1 aromatic carbocycles. The number of hydrogen-bond donors (Lipinski definition) is 1. The van der Waals surface area contributed by atoms with Gasteiger partial charge in [-0.05, 0) is 44.4 Å². The molecule has 1 N–H and O–H groups in total. The maximum absolute atomic E-state index is 12.8.